The van der Waals surface area contributed by atoms with E-state index < -0.39 is 0 Å². The van der Waals surface area contributed by atoms with E-state index in [0.29, 0.717) is 17.9 Å². The molecule has 2 aromatic rings. The van der Waals surface area contributed by atoms with E-state index in [9.17, 15) is 4.39 Å². The average molecular weight is 270 g/mol. The second kappa shape index (κ2) is 6.74. The molecule has 0 unspecified atom stereocenters. The van der Waals surface area contributed by atoms with Crippen molar-refractivity contribution in [2.24, 2.45) is 0 Å². The fourth-order valence-corrected chi connectivity index (χ4v) is 1.70. The van der Waals surface area contributed by atoms with Gasteiger partial charge in [0.15, 0.2) is 0 Å². The fourth-order valence-electron chi connectivity index (χ4n) is 1.70. The van der Waals surface area contributed by atoms with Crippen LogP contribution in [0, 0.1) is 24.6 Å². The van der Waals surface area contributed by atoms with Crippen LogP contribution in [-0.4, -0.2) is 11.7 Å². The largest absolute Gasteiger partial charge is 0.487 e. The Morgan fingerprint density at radius 1 is 1.15 bits per heavy atom. The first-order valence-corrected chi connectivity index (χ1v) is 6.26. The molecule has 0 saturated carbocycles. The first kappa shape index (κ1) is 14.1. The number of benzene rings is 2. The van der Waals surface area contributed by atoms with Gasteiger partial charge in [-0.15, -0.1) is 0 Å². The first-order chi connectivity index (χ1) is 9.69. The van der Waals surface area contributed by atoms with E-state index in [1.54, 1.807) is 6.07 Å². The minimum absolute atomic E-state index is 0.241. The van der Waals surface area contributed by atoms with Crippen LogP contribution in [0.4, 0.5) is 4.39 Å². The van der Waals surface area contributed by atoms with Crippen LogP contribution < -0.4 is 4.74 Å². The summed E-state index contributed by atoms with van der Waals surface area (Å²) in [4.78, 5) is 0. The van der Waals surface area contributed by atoms with Gasteiger partial charge in [0.25, 0.3) is 0 Å². The number of aryl methyl sites for hydroxylation is 1. The predicted molar refractivity (Wildman–Crippen MR) is 75.9 cm³/mol. The number of hydrogen-bond acceptors (Lipinski definition) is 2. The summed E-state index contributed by atoms with van der Waals surface area (Å²) < 4.78 is 18.9. The highest BCUT2D eigenvalue weighted by atomic mass is 19.1. The Labute approximate surface area is 117 Å². The van der Waals surface area contributed by atoms with E-state index in [0.717, 1.165) is 5.56 Å². The number of halogens is 1. The highest BCUT2D eigenvalue weighted by molar-refractivity contribution is 5.46. The molecule has 0 fully saturated rings. The van der Waals surface area contributed by atoms with Crippen LogP contribution in [0.5, 0.6) is 5.75 Å². The molecule has 0 radical (unpaired) electrons. The molecule has 0 aliphatic carbocycles. The van der Waals surface area contributed by atoms with Crippen molar-refractivity contribution in [3.05, 3.63) is 65.0 Å². The molecule has 0 saturated heterocycles. The quantitative estimate of drug-likeness (QED) is 0.869. The van der Waals surface area contributed by atoms with Gasteiger partial charge < -0.3 is 9.84 Å². The van der Waals surface area contributed by atoms with Crippen LogP contribution in [0.2, 0.25) is 0 Å². The molecule has 0 amide bonds. The molecule has 0 aliphatic rings. The summed E-state index contributed by atoms with van der Waals surface area (Å²) in [5, 5.41) is 8.72. The molecule has 2 nitrogen and oxygen atoms in total. The topological polar surface area (TPSA) is 29.5 Å². The smallest absolute Gasteiger partial charge is 0.138 e. The third kappa shape index (κ3) is 3.84. The molecule has 0 aromatic heterocycles. The third-order valence-electron chi connectivity index (χ3n) is 2.76. The van der Waals surface area contributed by atoms with Gasteiger partial charge >= 0.3 is 0 Å². The summed E-state index contributed by atoms with van der Waals surface area (Å²) in [6, 6.07) is 12.1. The predicted octanol–water partition coefficient (Wildman–Crippen LogP) is 3.06. The zero-order valence-electron chi connectivity index (χ0n) is 11.2. The minimum Gasteiger partial charge on any atom is -0.487 e. The van der Waals surface area contributed by atoms with E-state index in [2.05, 4.69) is 11.8 Å². The highest BCUT2D eigenvalue weighted by Crippen LogP contribution is 2.20. The van der Waals surface area contributed by atoms with Crippen LogP contribution in [0.15, 0.2) is 42.5 Å². The Bertz CT molecular complexity index is 636. The summed E-state index contributed by atoms with van der Waals surface area (Å²) in [5.41, 5.74) is 2.74. The summed E-state index contributed by atoms with van der Waals surface area (Å²) in [6.07, 6.45) is 0. The lowest BCUT2D eigenvalue weighted by molar-refractivity contribution is 0.303. The van der Waals surface area contributed by atoms with Crippen LogP contribution >= 0.6 is 0 Å². The van der Waals surface area contributed by atoms with E-state index in [-0.39, 0.29) is 12.4 Å². The zero-order valence-corrected chi connectivity index (χ0v) is 11.2. The van der Waals surface area contributed by atoms with Crippen LogP contribution in [0.3, 0.4) is 0 Å². The lowest BCUT2D eigenvalue weighted by atomic mass is 10.1. The molecule has 2 aromatic carbocycles. The van der Waals surface area contributed by atoms with Gasteiger partial charge in [0, 0.05) is 6.07 Å². The molecule has 0 aliphatic heterocycles. The number of rotatable bonds is 3. The van der Waals surface area contributed by atoms with Gasteiger partial charge in [0.1, 0.15) is 24.8 Å². The zero-order chi connectivity index (χ0) is 14.4. The molecular weight excluding hydrogens is 255 g/mol. The van der Waals surface area contributed by atoms with Gasteiger partial charge in [-0.3, -0.25) is 0 Å². The maximum absolute atomic E-state index is 13.3. The molecule has 0 bridgehead atoms. The number of hydrogen-bond donors (Lipinski definition) is 1. The van der Waals surface area contributed by atoms with E-state index >= 15 is 0 Å². The van der Waals surface area contributed by atoms with Crippen molar-refractivity contribution >= 4 is 0 Å². The van der Waals surface area contributed by atoms with Gasteiger partial charge in [-0.2, -0.15) is 0 Å². The van der Waals surface area contributed by atoms with Crippen LogP contribution in [-0.2, 0) is 6.61 Å². The van der Waals surface area contributed by atoms with Crippen LogP contribution in [0.25, 0.3) is 0 Å². The second-order valence-corrected chi connectivity index (χ2v) is 4.37. The lowest BCUT2D eigenvalue weighted by Crippen LogP contribution is -1.98. The van der Waals surface area contributed by atoms with Gasteiger partial charge in [-0.1, -0.05) is 41.7 Å². The number of aliphatic hydroxyl groups is 1. The van der Waals surface area contributed by atoms with Gasteiger partial charge in [0.05, 0.1) is 5.56 Å². The normalized spacial score (nSPS) is 9.75. The fraction of sp³-hybridized carbons (Fsp3) is 0.176. The van der Waals surface area contributed by atoms with Crippen LogP contribution in [0.1, 0.15) is 16.7 Å². The molecule has 20 heavy (non-hydrogen) atoms. The second-order valence-electron chi connectivity index (χ2n) is 4.37. The Kier molecular flexibility index (Phi) is 4.75. The monoisotopic (exact) mass is 270 g/mol. The Morgan fingerprint density at radius 2 is 1.90 bits per heavy atom. The van der Waals surface area contributed by atoms with Crippen molar-refractivity contribution in [2.45, 2.75) is 13.5 Å². The third-order valence-corrected chi connectivity index (χ3v) is 2.76. The van der Waals surface area contributed by atoms with Gasteiger partial charge in [0.2, 0.25) is 0 Å². The van der Waals surface area contributed by atoms with Crippen molar-refractivity contribution in [1.82, 2.24) is 0 Å². The van der Waals surface area contributed by atoms with Crippen molar-refractivity contribution in [3.63, 3.8) is 0 Å². The first-order valence-electron chi connectivity index (χ1n) is 6.26. The average Bonchev–Trinajstić information content (AvgIpc) is 2.46. The van der Waals surface area contributed by atoms with Crippen molar-refractivity contribution in [3.8, 4) is 17.6 Å². The van der Waals surface area contributed by atoms with Gasteiger partial charge in [-0.25, -0.2) is 4.39 Å². The lowest BCUT2D eigenvalue weighted by Gasteiger charge is -2.09. The highest BCUT2D eigenvalue weighted by Gasteiger charge is 2.04. The van der Waals surface area contributed by atoms with E-state index in [1.807, 2.05) is 31.2 Å². The molecule has 0 spiro atoms. The van der Waals surface area contributed by atoms with E-state index in [1.165, 1.54) is 17.7 Å². The standard InChI is InChI=1S/C17H15FO2/c1-13-4-6-14(7-5-13)12-20-17-11-16(18)9-8-15(17)3-2-10-19/h4-9,11,19H,10,12H2,1H3. The SMILES string of the molecule is Cc1ccc(COc2cc(F)ccc2C#CCO)cc1. The Balaban J connectivity index is 2.15. The summed E-state index contributed by atoms with van der Waals surface area (Å²) >= 11 is 0. The number of ether oxygens (including phenoxy) is 1. The Morgan fingerprint density at radius 3 is 2.60 bits per heavy atom. The molecule has 2 rings (SSSR count). The summed E-state index contributed by atoms with van der Waals surface area (Å²) in [5.74, 6) is 5.28. The van der Waals surface area contributed by atoms with Crippen molar-refractivity contribution < 1.29 is 14.2 Å². The minimum atomic E-state index is -0.376. The molecular formula is C17H15FO2. The maximum atomic E-state index is 13.3. The van der Waals surface area contributed by atoms with Crippen molar-refractivity contribution in [1.29, 1.82) is 0 Å². The Hall–Kier alpha value is -2.31. The summed E-state index contributed by atoms with van der Waals surface area (Å²) in [6.45, 7) is 2.12. The van der Waals surface area contributed by atoms with E-state index in [4.69, 9.17) is 9.84 Å². The molecule has 1 N–H and O–H groups in total. The van der Waals surface area contributed by atoms with Gasteiger partial charge in [-0.05, 0) is 24.6 Å². The maximum Gasteiger partial charge on any atom is 0.138 e. The summed E-state index contributed by atoms with van der Waals surface area (Å²) in [7, 11) is 0. The van der Waals surface area contributed by atoms with Crippen molar-refractivity contribution in [2.75, 3.05) is 6.61 Å². The molecule has 0 atom stereocenters. The number of aliphatic hydroxyl groups excluding tert-OH is 1. The molecule has 3 heteroatoms. The molecule has 102 valence electrons. The molecule has 0 heterocycles.